The van der Waals surface area contributed by atoms with Gasteiger partial charge in [-0.25, -0.2) is 9.07 Å². The van der Waals surface area contributed by atoms with Crippen LogP contribution in [0.2, 0.25) is 0 Å². The number of benzene rings is 3. The van der Waals surface area contributed by atoms with Crippen molar-refractivity contribution in [3.05, 3.63) is 101 Å². The van der Waals surface area contributed by atoms with Gasteiger partial charge in [-0.05, 0) is 67.4 Å². The van der Waals surface area contributed by atoms with E-state index in [1.165, 1.54) is 17.8 Å². The molecule has 1 amide bonds. The largest absolute Gasteiger partial charge is 0.497 e. The smallest absolute Gasteiger partial charge is 0.266 e. The fourth-order valence-corrected chi connectivity index (χ4v) is 5.52. The number of ether oxygens (including phenoxy) is 2. The highest BCUT2D eigenvalue weighted by atomic mass is 32.2. The van der Waals surface area contributed by atoms with Gasteiger partial charge >= 0.3 is 0 Å². The number of carbonyl (C=O) groups is 1. The molecule has 5 rings (SSSR count). The average molecular weight is 560 g/mol. The monoisotopic (exact) mass is 559 g/mol. The molecule has 1 aliphatic rings. The molecule has 3 aromatic carbocycles. The van der Waals surface area contributed by atoms with Crippen molar-refractivity contribution in [1.82, 2.24) is 14.7 Å². The van der Waals surface area contributed by atoms with Gasteiger partial charge in [0.25, 0.3) is 5.91 Å². The van der Waals surface area contributed by atoms with Crippen molar-refractivity contribution >= 4 is 40.3 Å². The Morgan fingerprint density at radius 2 is 1.85 bits per heavy atom. The zero-order valence-corrected chi connectivity index (χ0v) is 23.1. The summed E-state index contributed by atoms with van der Waals surface area (Å²) in [6.07, 6.45) is 4.28. The lowest BCUT2D eigenvalue weighted by Crippen LogP contribution is -2.30. The molecule has 1 fully saturated rings. The van der Waals surface area contributed by atoms with Crippen molar-refractivity contribution in [3.63, 3.8) is 0 Å². The number of rotatable bonds is 9. The zero-order valence-electron chi connectivity index (χ0n) is 21.5. The maximum atomic E-state index is 14.8. The molecule has 0 radical (unpaired) electrons. The standard InChI is InChI=1S/C30H26FN3O3S2/c1-3-37-26-14-11-21(17-25(26)31)28-22(19-34(32-28)23-7-5-4-6-8-23)18-27-29(35)33(30(38)39-27)16-15-20-9-12-24(36-2)13-10-20/h4-14,17-19H,3,15-16H2,1-2H3. The molecule has 2 heterocycles. The molecule has 0 spiro atoms. The van der Waals surface area contributed by atoms with Crippen LogP contribution in [-0.2, 0) is 11.2 Å². The van der Waals surface area contributed by atoms with Crippen LogP contribution in [-0.4, -0.2) is 45.2 Å². The number of amides is 1. The molecule has 0 atom stereocenters. The highest BCUT2D eigenvalue weighted by Gasteiger charge is 2.32. The molecule has 6 nitrogen and oxygen atoms in total. The van der Waals surface area contributed by atoms with Crippen molar-refractivity contribution in [1.29, 1.82) is 0 Å². The zero-order chi connectivity index (χ0) is 27.4. The molecular weight excluding hydrogens is 533 g/mol. The van der Waals surface area contributed by atoms with Crippen LogP contribution in [0.25, 0.3) is 23.0 Å². The van der Waals surface area contributed by atoms with Crippen molar-refractivity contribution in [2.24, 2.45) is 0 Å². The lowest BCUT2D eigenvalue weighted by Gasteiger charge is -2.14. The van der Waals surface area contributed by atoms with E-state index in [1.54, 1.807) is 41.8 Å². The molecule has 0 bridgehead atoms. The molecule has 39 heavy (non-hydrogen) atoms. The molecular formula is C30H26FN3O3S2. The minimum Gasteiger partial charge on any atom is -0.497 e. The van der Waals surface area contributed by atoms with Crippen LogP contribution >= 0.6 is 24.0 Å². The lowest BCUT2D eigenvalue weighted by atomic mass is 10.1. The first-order valence-electron chi connectivity index (χ1n) is 12.4. The lowest BCUT2D eigenvalue weighted by molar-refractivity contribution is -0.122. The van der Waals surface area contributed by atoms with Crippen LogP contribution < -0.4 is 9.47 Å². The normalized spacial score (nSPS) is 14.3. The van der Waals surface area contributed by atoms with E-state index in [2.05, 4.69) is 0 Å². The Labute approximate surface area is 236 Å². The SMILES string of the molecule is CCOc1ccc(-c2nn(-c3ccccc3)cc2C=C2SC(=S)N(CCc3ccc(OC)cc3)C2=O)cc1F. The summed E-state index contributed by atoms with van der Waals surface area (Å²) in [5, 5.41) is 4.75. The van der Waals surface area contributed by atoms with Gasteiger partial charge < -0.3 is 9.47 Å². The van der Waals surface area contributed by atoms with E-state index in [0.717, 1.165) is 17.0 Å². The first-order valence-corrected chi connectivity index (χ1v) is 13.7. The maximum absolute atomic E-state index is 14.8. The number of halogens is 1. The molecule has 1 aromatic heterocycles. The Morgan fingerprint density at radius 3 is 2.54 bits per heavy atom. The molecule has 0 N–H and O–H groups in total. The van der Waals surface area contributed by atoms with Gasteiger partial charge in [-0.15, -0.1) is 0 Å². The van der Waals surface area contributed by atoms with Crippen LogP contribution in [0.1, 0.15) is 18.1 Å². The Morgan fingerprint density at radius 1 is 1.08 bits per heavy atom. The number of para-hydroxylation sites is 1. The topological polar surface area (TPSA) is 56.6 Å². The summed E-state index contributed by atoms with van der Waals surface area (Å²) in [4.78, 5) is 15.5. The third-order valence-electron chi connectivity index (χ3n) is 6.21. The third-order valence-corrected chi connectivity index (χ3v) is 7.59. The van der Waals surface area contributed by atoms with Crippen molar-refractivity contribution in [3.8, 4) is 28.4 Å². The number of nitrogens with zero attached hydrogens (tertiary/aromatic N) is 3. The van der Waals surface area contributed by atoms with Crippen LogP contribution in [0.4, 0.5) is 4.39 Å². The molecule has 1 aliphatic heterocycles. The second kappa shape index (κ2) is 11.8. The Balaban J connectivity index is 1.45. The number of aromatic nitrogens is 2. The van der Waals surface area contributed by atoms with Crippen LogP contribution in [0, 0.1) is 5.82 Å². The van der Waals surface area contributed by atoms with Gasteiger partial charge in [-0.2, -0.15) is 5.10 Å². The molecule has 198 valence electrons. The predicted octanol–water partition coefficient (Wildman–Crippen LogP) is 6.53. The van der Waals surface area contributed by atoms with Gasteiger partial charge in [-0.3, -0.25) is 9.69 Å². The van der Waals surface area contributed by atoms with E-state index in [0.29, 0.717) is 45.6 Å². The van der Waals surface area contributed by atoms with Crippen LogP contribution in [0.3, 0.4) is 0 Å². The van der Waals surface area contributed by atoms with Crippen LogP contribution in [0.15, 0.2) is 83.9 Å². The molecule has 0 unspecified atom stereocenters. The maximum Gasteiger partial charge on any atom is 0.266 e. The van der Waals surface area contributed by atoms with Gasteiger partial charge in [0.15, 0.2) is 11.6 Å². The van der Waals surface area contributed by atoms with E-state index in [-0.39, 0.29) is 11.7 Å². The fraction of sp³-hybridized carbons (Fsp3) is 0.167. The number of carbonyl (C=O) groups excluding carboxylic acids is 1. The molecule has 4 aromatic rings. The molecule has 0 aliphatic carbocycles. The van der Waals surface area contributed by atoms with Crippen molar-refractivity contribution in [2.45, 2.75) is 13.3 Å². The summed E-state index contributed by atoms with van der Waals surface area (Å²) in [7, 11) is 1.63. The highest BCUT2D eigenvalue weighted by Crippen LogP contribution is 2.35. The number of methoxy groups -OCH3 is 1. The van der Waals surface area contributed by atoms with Gasteiger partial charge in [0.2, 0.25) is 0 Å². The summed E-state index contributed by atoms with van der Waals surface area (Å²) in [6.45, 7) is 2.64. The Hall–Kier alpha value is -3.95. The van der Waals surface area contributed by atoms with E-state index in [9.17, 15) is 9.18 Å². The van der Waals surface area contributed by atoms with Gasteiger partial charge in [0.05, 0.1) is 24.3 Å². The molecule has 1 saturated heterocycles. The fourth-order valence-electron chi connectivity index (χ4n) is 4.22. The van der Waals surface area contributed by atoms with Crippen molar-refractivity contribution in [2.75, 3.05) is 20.3 Å². The van der Waals surface area contributed by atoms with Gasteiger partial charge in [0.1, 0.15) is 15.8 Å². The van der Waals surface area contributed by atoms with Crippen molar-refractivity contribution < 1.29 is 18.7 Å². The first-order chi connectivity index (χ1) is 19.0. The summed E-state index contributed by atoms with van der Waals surface area (Å²) < 4.78 is 27.6. The van der Waals surface area contributed by atoms with E-state index in [4.69, 9.17) is 26.8 Å². The quantitative estimate of drug-likeness (QED) is 0.172. The highest BCUT2D eigenvalue weighted by molar-refractivity contribution is 8.26. The number of thiocarbonyl (C=S) groups is 1. The summed E-state index contributed by atoms with van der Waals surface area (Å²) in [5.74, 6) is 0.337. The average Bonchev–Trinajstić information content (AvgIpc) is 3.49. The predicted molar refractivity (Wildman–Crippen MR) is 157 cm³/mol. The first kappa shape index (κ1) is 26.6. The Bertz CT molecular complexity index is 1540. The molecule has 9 heteroatoms. The summed E-state index contributed by atoms with van der Waals surface area (Å²) in [5.41, 5.74) is 3.73. The van der Waals surface area contributed by atoms with Gasteiger partial charge in [0, 0.05) is 23.9 Å². The summed E-state index contributed by atoms with van der Waals surface area (Å²) >= 11 is 6.81. The van der Waals surface area contributed by atoms with E-state index < -0.39 is 5.82 Å². The second-order valence-corrected chi connectivity index (χ2v) is 10.4. The van der Waals surface area contributed by atoms with E-state index >= 15 is 0 Å². The molecule has 0 saturated carbocycles. The number of hydrogen-bond acceptors (Lipinski definition) is 6. The second-order valence-electron chi connectivity index (χ2n) is 8.72. The van der Waals surface area contributed by atoms with E-state index in [1.807, 2.05) is 60.8 Å². The van der Waals surface area contributed by atoms with Crippen LogP contribution in [0.5, 0.6) is 11.5 Å². The number of thioether (sulfide) groups is 1. The minimum absolute atomic E-state index is 0.158. The minimum atomic E-state index is -0.473. The van der Waals surface area contributed by atoms with Gasteiger partial charge in [-0.1, -0.05) is 54.3 Å². The summed E-state index contributed by atoms with van der Waals surface area (Å²) in [6, 6.07) is 22.1. The number of hydrogen-bond donors (Lipinski definition) is 0. The third kappa shape index (κ3) is 5.89. The Kier molecular flexibility index (Phi) is 8.09.